The molecule has 2 saturated heterocycles. The molecule has 2 amide bonds. The van der Waals surface area contributed by atoms with Gasteiger partial charge in [-0.1, -0.05) is 0 Å². The van der Waals surface area contributed by atoms with Crippen LogP contribution in [0.2, 0.25) is 0 Å². The fraction of sp³-hybridized carbons (Fsp3) is 0.467. The number of hydrogen-bond donors (Lipinski definition) is 2. The van der Waals surface area contributed by atoms with Crippen molar-refractivity contribution in [3.8, 4) is 0 Å². The normalized spacial score (nSPS) is 25.1. The molecular weight excluding hydrogens is 348 g/mol. The van der Waals surface area contributed by atoms with Gasteiger partial charge in [-0.2, -0.15) is 0 Å². The third-order valence-corrected chi connectivity index (χ3v) is 6.50. The Balaban J connectivity index is 1.56. The first-order valence-corrected chi connectivity index (χ1v) is 9.77. The fourth-order valence-electron chi connectivity index (χ4n) is 3.53. The lowest BCUT2D eigenvalue weighted by atomic mass is 10.1. The van der Waals surface area contributed by atoms with Gasteiger partial charge in [0.2, 0.25) is 0 Å². The number of piperazine rings is 1. The van der Waals surface area contributed by atoms with Crippen LogP contribution in [0.3, 0.4) is 0 Å². The summed E-state index contributed by atoms with van der Waals surface area (Å²) in [5, 5.41) is 5.93. The van der Waals surface area contributed by atoms with Crippen LogP contribution in [0.25, 0.3) is 11.1 Å². The molecular formula is C15H18N4O5S. The summed E-state index contributed by atoms with van der Waals surface area (Å²) in [7, 11) is -1.53. The van der Waals surface area contributed by atoms with E-state index in [1.165, 1.54) is 4.57 Å². The first-order chi connectivity index (χ1) is 11.8. The first kappa shape index (κ1) is 16.2. The number of sulfone groups is 1. The lowest BCUT2D eigenvalue weighted by Crippen LogP contribution is -2.59. The van der Waals surface area contributed by atoms with Crippen molar-refractivity contribution in [2.45, 2.75) is 12.1 Å². The number of aryl methyl sites for hydroxylation is 1. The smallest absolute Gasteiger partial charge is 0.408 e. The Labute approximate surface area is 143 Å². The summed E-state index contributed by atoms with van der Waals surface area (Å²) in [5.74, 6) is -0.438. The molecule has 2 atom stereocenters. The lowest BCUT2D eigenvalue weighted by Gasteiger charge is -2.37. The van der Waals surface area contributed by atoms with Crippen LogP contribution in [0.1, 0.15) is 0 Å². The number of carbonyl (C=O) groups excluding carboxylic acids is 1. The van der Waals surface area contributed by atoms with E-state index in [0.29, 0.717) is 29.9 Å². The van der Waals surface area contributed by atoms with Crippen molar-refractivity contribution in [1.82, 2.24) is 14.8 Å². The monoisotopic (exact) mass is 366 g/mol. The molecule has 0 radical (unpaired) electrons. The lowest BCUT2D eigenvalue weighted by molar-refractivity contribution is 0.163. The molecule has 10 heteroatoms. The summed E-state index contributed by atoms with van der Waals surface area (Å²) in [6.07, 6.45) is 0. The zero-order valence-electron chi connectivity index (χ0n) is 13.6. The van der Waals surface area contributed by atoms with Crippen LogP contribution in [0.15, 0.2) is 27.4 Å². The number of anilines is 1. The molecule has 2 fully saturated rings. The van der Waals surface area contributed by atoms with Crippen LogP contribution in [0, 0.1) is 0 Å². The largest absolute Gasteiger partial charge is 0.419 e. The second-order valence-electron chi connectivity index (χ2n) is 6.44. The molecule has 1 aromatic carbocycles. The Hall–Kier alpha value is -2.33. The van der Waals surface area contributed by atoms with Gasteiger partial charge in [-0.15, -0.1) is 0 Å². The van der Waals surface area contributed by atoms with Gasteiger partial charge in [0.15, 0.2) is 15.4 Å². The van der Waals surface area contributed by atoms with Gasteiger partial charge in [0.1, 0.15) is 0 Å². The predicted octanol–water partition coefficient (Wildman–Crippen LogP) is -0.266. The number of carbonyl (C=O) groups is 1. The molecule has 1 aromatic heterocycles. The van der Waals surface area contributed by atoms with Crippen molar-refractivity contribution in [1.29, 1.82) is 0 Å². The molecule has 0 aliphatic carbocycles. The van der Waals surface area contributed by atoms with Crippen LogP contribution in [0.5, 0.6) is 0 Å². The Morgan fingerprint density at radius 2 is 2.16 bits per heavy atom. The minimum atomic E-state index is -3.14. The molecule has 0 bridgehead atoms. The van der Waals surface area contributed by atoms with E-state index in [-0.39, 0.29) is 29.6 Å². The number of urea groups is 1. The maximum absolute atomic E-state index is 12.6. The third-order valence-electron chi connectivity index (χ3n) is 4.79. The van der Waals surface area contributed by atoms with Gasteiger partial charge in [0.05, 0.1) is 23.1 Å². The Morgan fingerprint density at radius 3 is 2.96 bits per heavy atom. The summed E-state index contributed by atoms with van der Waals surface area (Å²) in [6.45, 7) is 0.988. The summed E-state index contributed by atoms with van der Waals surface area (Å²) < 4.78 is 30.2. The molecule has 2 N–H and O–H groups in total. The minimum Gasteiger partial charge on any atom is -0.408 e. The molecule has 3 heterocycles. The van der Waals surface area contributed by atoms with Crippen molar-refractivity contribution in [3.63, 3.8) is 0 Å². The van der Waals surface area contributed by atoms with Crippen LogP contribution >= 0.6 is 0 Å². The van der Waals surface area contributed by atoms with Gasteiger partial charge in [-0.25, -0.2) is 18.0 Å². The molecule has 2 aliphatic rings. The van der Waals surface area contributed by atoms with E-state index >= 15 is 0 Å². The average molecular weight is 366 g/mol. The van der Waals surface area contributed by atoms with Crippen molar-refractivity contribution in [2.75, 3.05) is 29.9 Å². The van der Waals surface area contributed by atoms with Crippen LogP contribution < -0.4 is 16.4 Å². The maximum atomic E-state index is 12.6. The molecule has 4 rings (SSSR count). The number of amides is 2. The summed E-state index contributed by atoms with van der Waals surface area (Å²) in [4.78, 5) is 25.7. The fourth-order valence-corrected chi connectivity index (χ4v) is 5.48. The van der Waals surface area contributed by atoms with E-state index in [2.05, 4.69) is 10.6 Å². The molecule has 134 valence electrons. The van der Waals surface area contributed by atoms with E-state index in [0.717, 1.165) is 0 Å². The van der Waals surface area contributed by atoms with Gasteiger partial charge >= 0.3 is 11.8 Å². The number of nitrogens with one attached hydrogen (secondary N) is 2. The number of fused-ring (bicyclic) bond motifs is 2. The molecule has 0 saturated carbocycles. The standard InChI is InChI=1S/C15H18N4O5S/c1-18-11-3-2-9(6-13(11)24-15(18)21)17-14(20)19-5-4-16-10-7-25(22,23)8-12(10)19/h2-3,6,10,12,16H,4-5,7-8H2,1H3,(H,17,20)/t10-,12+/m1/s1. The van der Waals surface area contributed by atoms with Crippen molar-refractivity contribution < 1.29 is 17.6 Å². The molecule has 0 spiro atoms. The number of rotatable bonds is 1. The van der Waals surface area contributed by atoms with Gasteiger partial charge < -0.3 is 20.0 Å². The summed E-state index contributed by atoms with van der Waals surface area (Å²) in [6, 6.07) is 4.01. The van der Waals surface area contributed by atoms with Crippen molar-refractivity contribution >= 4 is 32.7 Å². The third kappa shape index (κ3) is 2.81. The molecule has 2 aliphatic heterocycles. The van der Waals surface area contributed by atoms with Crippen molar-refractivity contribution in [2.24, 2.45) is 7.05 Å². The summed E-state index contributed by atoms with van der Waals surface area (Å²) >= 11 is 0. The number of benzene rings is 1. The van der Waals surface area contributed by atoms with E-state index in [4.69, 9.17) is 4.42 Å². The van der Waals surface area contributed by atoms with Gasteiger partial charge in [-0.3, -0.25) is 4.57 Å². The van der Waals surface area contributed by atoms with Gasteiger partial charge in [0.25, 0.3) is 0 Å². The molecule has 9 nitrogen and oxygen atoms in total. The predicted molar refractivity (Wildman–Crippen MR) is 91.4 cm³/mol. The SMILES string of the molecule is Cn1c(=O)oc2cc(NC(=O)N3CCN[C@@H]4CS(=O)(=O)C[C@@H]43)ccc21. The van der Waals surface area contributed by atoms with Gasteiger partial charge in [0, 0.05) is 37.9 Å². The molecule has 25 heavy (non-hydrogen) atoms. The van der Waals surface area contributed by atoms with E-state index < -0.39 is 15.6 Å². The quantitative estimate of drug-likeness (QED) is 0.718. The highest BCUT2D eigenvalue weighted by Gasteiger charge is 2.44. The highest BCUT2D eigenvalue weighted by atomic mass is 32.2. The van der Waals surface area contributed by atoms with Crippen LogP contribution in [-0.2, 0) is 16.9 Å². The Bertz CT molecular complexity index is 1010. The summed E-state index contributed by atoms with van der Waals surface area (Å²) in [5.41, 5.74) is 1.50. The second-order valence-corrected chi connectivity index (χ2v) is 8.59. The Kier molecular flexibility index (Phi) is 3.62. The molecule has 2 aromatic rings. The highest BCUT2D eigenvalue weighted by Crippen LogP contribution is 2.23. The van der Waals surface area contributed by atoms with Gasteiger partial charge in [-0.05, 0) is 12.1 Å². The highest BCUT2D eigenvalue weighted by molar-refractivity contribution is 7.91. The van der Waals surface area contributed by atoms with Crippen molar-refractivity contribution in [3.05, 3.63) is 28.7 Å². The van der Waals surface area contributed by atoms with Crippen LogP contribution in [-0.4, -0.2) is 60.6 Å². The number of hydrogen-bond acceptors (Lipinski definition) is 6. The second kappa shape index (κ2) is 5.60. The minimum absolute atomic E-state index is 0.0231. The van der Waals surface area contributed by atoms with Crippen LogP contribution in [0.4, 0.5) is 10.5 Å². The number of oxazole rings is 1. The number of aromatic nitrogens is 1. The first-order valence-electron chi connectivity index (χ1n) is 7.95. The van der Waals surface area contributed by atoms with E-state index in [1.54, 1.807) is 30.1 Å². The zero-order chi connectivity index (χ0) is 17.8. The van der Waals surface area contributed by atoms with E-state index in [9.17, 15) is 18.0 Å². The number of nitrogens with zero attached hydrogens (tertiary/aromatic N) is 2. The zero-order valence-corrected chi connectivity index (χ0v) is 14.4. The topological polar surface area (TPSA) is 114 Å². The molecule has 0 unspecified atom stereocenters. The average Bonchev–Trinajstić information content (AvgIpc) is 3.01. The van der Waals surface area contributed by atoms with E-state index in [1.807, 2.05) is 0 Å². The Morgan fingerprint density at radius 1 is 1.36 bits per heavy atom. The maximum Gasteiger partial charge on any atom is 0.419 e.